The van der Waals surface area contributed by atoms with Crippen molar-refractivity contribution in [2.75, 3.05) is 19.0 Å². The van der Waals surface area contributed by atoms with E-state index in [1.807, 2.05) is 42.6 Å². The second-order valence-electron chi connectivity index (χ2n) is 8.05. The second kappa shape index (κ2) is 9.90. The summed E-state index contributed by atoms with van der Waals surface area (Å²) in [6, 6.07) is 14.0. The number of fused-ring (bicyclic) bond motifs is 1. The first kappa shape index (κ1) is 22.6. The molecule has 7 heteroatoms. The number of aromatic nitrogens is 4. The molecule has 0 unspecified atom stereocenters. The Kier molecular flexibility index (Phi) is 6.77. The number of imidazole rings is 1. The van der Waals surface area contributed by atoms with E-state index in [9.17, 15) is 0 Å². The van der Waals surface area contributed by atoms with Crippen molar-refractivity contribution in [3.8, 4) is 22.9 Å². The van der Waals surface area contributed by atoms with E-state index in [-0.39, 0.29) is 0 Å². The van der Waals surface area contributed by atoms with E-state index in [1.54, 1.807) is 13.3 Å². The predicted octanol–water partition coefficient (Wildman–Crippen LogP) is 5.63. The van der Waals surface area contributed by atoms with Gasteiger partial charge in [-0.1, -0.05) is 26.0 Å². The number of pyridine rings is 1. The predicted molar refractivity (Wildman–Crippen MR) is 131 cm³/mol. The summed E-state index contributed by atoms with van der Waals surface area (Å²) in [5, 5.41) is 8.57. The highest BCUT2D eigenvalue weighted by molar-refractivity contribution is 5.80. The molecule has 7 nitrogen and oxygen atoms in total. The molecule has 0 spiro atoms. The van der Waals surface area contributed by atoms with Gasteiger partial charge < -0.3 is 14.8 Å². The Bertz CT molecular complexity index is 1230. The fourth-order valence-electron chi connectivity index (χ4n) is 3.84. The summed E-state index contributed by atoms with van der Waals surface area (Å²) in [5.74, 6) is 2.60. The standard InChI is InChI=1S/C26H31N5O2/c1-6-17(3)24-25-23(28-16-19-10-12-20(32-5)13-11-19)15-22(30-31(25)18(4)29-24)21-9-8-14-27-26(21)33-7-2/h8-15,17,28H,6-7,16H2,1-5H3/t17-/m0/s1. The van der Waals surface area contributed by atoms with Gasteiger partial charge in [-0.2, -0.15) is 5.10 Å². The Morgan fingerprint density at radius 1 is 1.12 bits per heavy atom. The summed E-state index contributed by atoms with van der Waals surface area (Å²) in [7, 11) is 1.68. The molecule has 0 fully saturated rings. The van der Waals surface area contributed by atoms with Crippen LogP contribution in [0, 0.1) is 6.92 Å². The summed E-state index contributed by atoms with van der Waals surface area (Å²) < 4.78 is 13.0. The highest BCUT2D eigenvalue weighted by Gasteiger charge is 2.20. The summed E-state index contributed by atoms with van der Waals surface area (Å²) in [5.41, 5.74) is 5.85. The van der Waals surface area contributed by atoms with Crippen LogP contribution in [0.2, 0.25) is 0 Å². The van der Waals surface area contributed by atoms with Gasteiger partial charge in [-0.05, 0) is 56.2 Å². The van der Waals surface area contributed by atoms with E-state index in [4.69, 9.17) is 19.6 Å². The number of benzene rings is 1. The number of hydrogen-bond donors (Lipinski definition) is 1. The minimum atomic E-state index is 0.320. The average molecular weight is 446 g/mol. The number of rotatable bonds is 9. The molecule has 33 heavy (non-hydrogen) atoms. The van der Waals surface area contributed by atoms with Crippen LogP contribution in [0.1, 0.15) is 50.2 Å². The molecule has 1 atom stereocenters. The quantitative estimate of drug-likeness (QED) is 0.360. The number of hydrogen-bond acceptors (Lipinski definition) is 6. The van der Waals surface area contributed by atoms with Crippen LogP contribution < -0.4 is 14.8 Å². The molecule has 172 valence electrons. The average Bonchev–Trinajstić information content (AvgIpc) is 3.19. The van der Waals surface area contributed by atoms with Gasteiger partial charge >= 0.3 is 0 Å². The van der Waals surface area contributed by atoms with Gasteiger partial charge in [-0.25, -0.2) is 14.5 Å². The number of ether oxygens (including phenoxy) is 2. The van der Waals surface area contributed by atoms with Gasteiger partial charge in [-0.15, -0.1) is 0 Å². The van der Waals surface area contributed by atoms with Crippen LogP contribution in [0.3, 0.4) is 0 Å². The van der Waals surface area contributed by atoms with Gasteiger partial charge in [0.05, 0.1) is 36.4 Å². The van der Waals surface area contributed by atoms with Crippen molar-refractivity contribution in [3.05, 3.63) is 65.7 Å². The van der Waals surface area contributed by atoms with E-state index in [2.05, 4.69) is 42.3 Å². The fraction of sp³-hybridized carbons (Fsp3) is 0.346. The molecule has 4 aromatic rings. The van der Waals surface area contributed by atoms with Crippen LogP contribution in [0.25, 0.3) is 16.8 Å². The lowest BCUT2D eigenvalue weighted by molar-refractivity contribution is 0.328. The smallest absolute Gasteiger partial charge is 0.222 e. The zero-order valence-corrected chi connectivity index (χ0v) is 19.9. The van der Waals surface area contributed by atoms with Gasteiger partial charge in [0, 0.05) is 18.7 Å². The number of nitrogens with zero attached hydrogens (tertiary/aromatic N) is 4. The van der Waals surface area contributed by atoms with Crippen LogP contribution in [0.4, 0.5) is 5.69 Å². The van der Waals surface area contributed by atoms with E-state index in [0.717, 1.165) is 51.7 Å². The lowest BCUT2D eigenvalue weighted by atomic mass is 10.0. The zero-order valence-electron chi connectivity index (χ0n) is 19.9. The van der Waals surface area contributed by atoms with Crippen molar-refractivity contribution in [3.63, 3.8) is 0 Å². The van der Waals surface area contributed by atoms with E-state index >= 15 is 0 Å². The highest BCUT2D eigenvalue weighted by atomic mass is 16.5. The molecule has 0 amide bonds. The molecule has 0 radical (unpaired) electrons. The maximum atomic E-state index is 5.78. The molecular formula is C26H31N5O2. The Labute approximate surface area is 194 Å². The Balaban J connectivity index is 1.82. The van der Waals surface area contributed by atoms with Crippen LogP contribution in [-0.4, -0.2) is 33.3 Å². The van der Waals surface area contributed by atoms with Gasteiger partial charge in [-0.3, -0.25) is 0 Å². The third-order valence-corrected chi connectivity index (χ3v) is 5.84. The van der Waals surface area contributed by atoms with Gasteiger partial charge in [0.15, 0.2) is 0 Å². The molecule has 3 heterocycles. The minimum absolute atomic E-state index is 0.320. The molecular weight excluding hydrogens is 414 g/mol. The lowest BCUT2D eigenvalue weighted by Gasteiger charge is -2.15. The Morgan fingerprint density at radius 2 is 1.91 bits per heavy atom. The summed E-state index contributed by atoms with van der Waals surface area (Å²) >= 11 is 0. The van der Waals surface area contributed by atoms with Crippen molar-refractivity contribution in [2.45, 2.75) is 46.6 Å². The first-order valence-electron chi connectivity index (χ1n) is 11.4. The maximum Gasteiger partial charge on any atom is 0.222 e. The van der Waals surface area contributed by atoms with E-state index in [0.29, 0.717) is 24.9 Å². The van der Waals surface area contributed by atoms with Crippen LogP contribution in [0.15, 0.2) is 48.7 Å². The summed E-state index contributed by atoms with van der Waals surface area (Å²) in [6.07, 6.45) is 2.74. The second-order valence-corrected chi connectivity index (χ2v) is 8.05. The third-order valence-electron chi connectivity index (χ3n) is 5.84. The lowest BCUT2D eigenvalue weighted by Crippen LogP contribution is -2.07. The molecule has 4 rings (SSSR count). The molecule has 0 saturated heterocycles. The first-order valence-corrected chi connectivity index (χ1v) is 11.4. The Morgan fingerprint density at radius 3 is 2.61 bits per heavy atom. The highest BCUT2D eigenvalue weighted by Crippen LogP contribution is 2.34. The number of methoxy groups -OCH3 is 1. The van der Waals surface area contributed by atoms with E-state index in [1.165, 1.54) is 0 Å². The Hall–Kier alpha value is -3.61. The van der Waals surface area contributed by atoms with Crippen LogP contribution in [-0.2, 0) is 6.54 Å². The monoisotopic (exact) mass is 445 g/mol. The summed E-state index contributed by atoms with van der Waals surface area (Å²) in [6.45, 7) is 9.54. The van der Waals surface area contributed by atoms with Gasteiger partial charge in [0.25, 0.3) is 0 Å². The van der Waals surface area contributed by atoms with Crippen molar-refractivity contribution in [1.82, 2.24) is 19.6 Å². The molecule has 3 aromatic heterocycles. The molecule has 0 aliphatic heterocycles. The van der Waals surface area contributed by atoms with Crippen molar-refractivity contribution in [2.24, 2.45) is 0 Å². The SMILES string of the molecule is CCOc1ncccc1-c1cc(NCc2ccc(OC)cc2)c2c([C@@H](C)CC)nc(C)n2n1. The normalized spacial score (nSPS) is 12.0. The molecule has 0 saturated carbocycles. The molecule has 1 aromatic carbocycles. The number of anilines is 1. The van der Waals surface area contributed by atoms with Gasteiger partial charge in [0.2, 0.25) is 5.88 Å². The van der Waals surface area contributed by atoms with Crippen molar-refractivity contribution >= 4 is 11.2 Å². The maximum absolute atomic E-state index is 5.78. The topological polar surface area (TPSA) is 73.6 Å². The zero-order chi connectivity index (χ0) is 23.4. The molecule has 0 bridgehead atoms. The number of nitrogens with one attached hydrogen (secondary N) is 1. The van der Waals surface area contributed by atoms with E-state index < -0.39 is 0 Å². The largest absolute Gasteiger partial charge is 0.497 e. The minimum Gasteiger partial charge on any atom is -0.497 e. The van der Waals surface area contributed by atoms with Crippen molar-refractivity contribution < 1.29 is 9.47 Å². The van der Waals surface area contributed by atoms with Crippen molar-refractivity contribution in [1.29, 1.82) is 0 Å². The molecule has 1 N–H and O–H groups in total. The van der Waals surface area contributed by atoms with Crippen LogP contribution in [0.5, 0.6) is 11.6 Å². The fourth-order valence-corrected chi connectivity index (χ4v) is 3.84. The number of aryl methyl sites for hydroxylation is 1. The van der Waals surface area contributed by atoms with Gasteiger partial charge in [0.1, 0.15) is 17.1 Å². The first-order chi connectivity index (χ1) is 16.0. The van der Waals surface area contributed by atoms with Crippen LogP contribution >= 0.6 is 0 Å². The third kappa shape index (κ3) is 4.62. The summed E-state index contributed by atoms with van der Waals surface area (Å²) in [4.78, 5) is 9.30. The molecule has 0 aliphatic carbocycles. The molecule has 0 aliphatic rings.